The summed E-state index contributed by atoms with van der Waals surface area (Å²) in [6, 6.07) is 1.96. The SMILES string of the molecule is C#CCO[P]1(S)OCc2cc(C)cnc2O1. The van der Waals surface area contributed by atoms with Gasteiger partial charge in [-0.1, -0.05) is 18.2 Å². The lowest BCUT2D eigenvalue weighted by Crippen LogP contribution is -2.13. The van der Waals surface area contributed by atoms with E-state index in [9.17, 15) is 0 Å². The Morgan fingerprint density at radius 2 is 2.56 bits per heavy atom. The Labute approximate surface area is 100 Å². The largest absolute Gasteiger partial charge is 0.409 e. The third-order valence-corrected chi connectivity index (χ3v) is 4.21. The van der Waals surface area contributed by atoms with Crippen LogP contribution in [0, 0.1) is 19.3 Å². The van der Waals surface area contributed by atoms with Gasteiger partial charge in [-0.15, -0.1) is 6.42 Å². The first-order valence-corrected chi connectivity index (χ1v) is 7.32. The van der Waals surface area contributed by atoms with Gasteiger partial charge in [0, 0.05) is 11.8 Å². The van der Waals surface area contributed by atoms with E-state index in [1.165, 1.54) is 0 Å². The Balaban J connectivity index is 2.17. The maximum Gasteiger partial charge on any atom is 0.346 e. The molecule has 2 rings (SSSR count). The maximum atomic E-state index is 5.50. The van der Waals surface area contributed by atoms with Crippen LogP contribution in [-0.4, -0.2) is 11.6 Å². The van der Waals surface area contributed by atoms with Crippen LogP contribution >= 0.6 is 19.4 Å². The number of hydrogen-bond donors (Lipinski definition) is 1. The molecule has 0 amide bonds. The van der Waals surface area contributed by atoms with E-state index in [0.717, 1.165) is 11.1 Å². The predicted octanol–water partition coefficient (Wildman–Crippen LogP) is 2.56. The first-order valence-electron chi connectivity index (χ1n) is 4.62. The van der Waals surface area contributed by atoms with E-state index in [1.54, 1.807) is 6.20 Å². The first kappa shape index (κ1) is 11.7. The summed E-state index contributed by atoms with van der Waals surface area (Å²) >= 11 is 4.24. The van der Waals surface area contributed by atoms with Crippen LogP contribution in [-0.2, 0) is 15.7 Å². The minimum atomic E-state index is -2.64. The van der Waals surface area contributed by atoms with Crippen molar-refractivity contribution in [2.24, 2.45) is 0 Å². The van der Waals surface area contributed by atoms with Crippen molar-refractivity contribution in [2.45, 2.75) is 13.5 Å². The fourth-order valence-corrected chi connectivity index (χ4v) is 2.95. The lowest BCUT2D eigenvalue weighted by atomic mass is 10.2. The number of pyridine rings is 1. The fraction of sp³-hybridized carbons (Fsp3) is 0.300. The van der Waals surface area contributed by atoms with Gasteiger partial charge in [-0.3, -0.25) is 9.05 Å². The molecule has 1 aromatic heterocycles. The summed E-state index contributed by atoms with van der Waals surface area (Å²) in [5, 5.41) is 0. The molecule has 0 aliphatic carbocycles. The molecule has 85 valence electrons. The third-order valence-electron chi connectivity index (χ3n) is 1.96. The van der Waals surface area contributed by atoms with E-state index >= 15 is 0 Å². The van der Waals surface area contributed by atoms with E-state index in [0.29, 0.717) is 12.5 Å². The van der Waals surface area contributed by atoms with Crippen LogP contribution in [0.2, 0.25) is 0 Å². The number of terminal acetylenes is 1. The molecule has 1 radical (unpaired) electrons. The summed E-state index contributed by atoms with van der Waals surface area (Å²) in [5.41, 5.74) is 1.95. The lowest BCUT2D eigenvalue weighted by molar-refractivity contribution is 0.186. The molecule has 2 heterocycles. The zero-order valence-electron chi connectivity index (χ0n) is 8.71. The van der Waals surface area contributed by atoms with Crippen molar-refractivity contribution in [3.8, 4) is 18.2 Å². The molecule has 1 atom stereocenters. The van der Waals surface area contributed by atoms with Crippen molar-refractivity contribution in [3.05, 3.63) is 23.4 Å². The normalized spacial score (nSPS) is 23.1. The van der Waals surface area contributed by atoms with Crippen LogP contribution in [0.3, 0.4) is 0 Å². The average molecular weight is 256 g/mol. The summed E-state index contributed by atoms with van der Waals surface area (Å²) < 4.78 is 16.2. The van der Waals surface area contributed by atoms with Gasteiger partial charge in [0.25, 0.3) is 0 Å². The Hall–Kier alpha value is -0.790. The first-order chi connectivity index (χ1) is 7.63. The second-order valence-corrected chi connectivity index (χ2v) is 6.39. The molecule has 0 aromatic carbocycles. The van der Waals surface area contributed by atoms with Gasteiger partial charge in [0.05, 0.1) is 6.61 Å². The second kappa shape index (κ2) is 4.60. The minimum absolute atomic E-state index is 0.110. The van der Waals surface area contributed by atoms with E-state index in [-0.39, 0.29) is 6.61 Å². The monoisotopic (exact) mass is 256 g/mol. The van der Waals surface area contributed by atoms with E-state index in [2.05, 4.69) is 23.2 Å². The summed E-state index contributed by atoms with van der Waals surface area (Å²) in [7, 11) is -2.64. The van der Waals surface area contributed by atoms with Crippen LogP contribution in [0.15, 0.2) is 12.3 Å². The number of thiol groups is 1. The fourth-order valence-electron chi connectivity index (χ4n) is 1.27. The minimum Gasteiger partial charge on any atom is -0.409 e. The van der Waals surface area contributed by atoms with Gasteiger partial charge in [-0.2, -0.15) is 0 Å². The zero-order chi connectivity index (χ0) is 11.6. The quantitative estimate of drug-likeness (QED) is 0.501. The van der Waals surface area contributed by atoms with E-state index in [4.69, 9.17) is 20.0 Å². The summed E-state index contributed by atoms with van der Waals surface area (Å²) in [6.07, 6.45) is 6.83. The Morgan fingerprint density at radius 1 is 1.75 bits per heavy atom. The summed E-state index contributed by atoms with van der Waals surface area (Å²) in [5.74, 6) is 2.86. The average Bonchev–Trinajstić information content (AvgIpc) is 2.27. The van der Waals surface area contributed by atoms with Gasteiger partial charge < -0.3 is 4.52 Å². The van der Waals surface area contributed by atoms with Crippen LogP contribution in [0.4, 0.5) is 0 Å². The van der Waals surface area contributed by atoms with Crippen molar-refractivity contribution in [1.29, 1.82) is 0 Å². The topological polar surface area (TPSA) is 40.6 Å². The van der Waals surface area contributed by atoms with Crippen molar-refractivity contribution >= 4 is 19.4 Å². The highest BCUT2D eigenvalue weighted by Crippen LogP contribution is 2.68. The van der Waals surface area contributed by atoms with Gasteiger partial charge in [-0.05, 0) is 18.6 Å². The number of aryl methyl sites for hydroxylation is 1. The molecular weight excluding hydrogens is 245 g/mol. The van der Waals surface area contributed by atoms with Gasteiger partial charge in [-0.25, -0.2) is 4.98 Å². The van der Waals surface area contributed by atoms with Gasteiger partial charge in [0.1, 0.15) is 6.61 Å². The number of rotatable bonds is 2. The van der Waals surface area contributed by atoms with Crippen LogP contribution in [0.5, 0.6) is 5.88 Å². The summed E-state index contributed by atoms with van der Waals surface area (Å²) in [6.45, 7) is 2.45. The molecule has 0 saturated heterocycles. The molecule has 0 N–H and O–H groups in total. The van der Waals surface area contributed by atoms with Crippen LogP contribution in [0.1, 0.15) is 11.1 Å². The van der Waals surface area contributed by atoms with E-state index < -0.39 is 7.15 Å². The van der Waals surface area contributed by atoms with Crippen LogP contribution in [0.25, 0.3) is 0 Å². The van der Waals surface area contributed by atoms with Crippen molar-refractivity contribution in [2.75, 3.05) is 6.61 Å². The molecular formula is C10H11NO3PS. The zero-order valence-corrected chi connectivity index (χ0v) is 10.5. The third kappa shape index (κ3) is 2.47. The molecule has 0 spiro atoms. The van der Waals surface area contributed by atoms with Gasteiger partial charge in [0.15, 0.2) is 0 Å². The lowest BCUT2D eigenvalue weighted by Gasteiger charge is -2.32. The summed E-state index contributed by atoms with van der Waals surface area (Å²) in [4.78, 5) is 4.17. The Kier molecular flexibility index (Phi) is 3.36. The highest BCUT2D eigenvalue weighted by molar-refractivity contribution is 8.47. The maximum absolute atomic E-state index is 5.50. The number of hydrogen-bond acceptors (Lipinski definition) is 5. The molecule has 6 heteroatoms. The molecule has 1 aliphatic rings. The molecule has 1 unspecified atom stereocenters. The molecule has 16 heavy (non-hydrogen) atoms. The molecule has 0 bridgehead atoms. The van der Waals surface area contributed by atoms with Crippen molar-refractivity contribution in [3.63, 3.8) is 0 Å². The number of aromatic nitrogens is 1. The Morgan fingerprint density at radius 3 is 3.31 bits per heavy atom. The second-order valence-electron chi connectivity index (χ2n) is 3.29. The van der Waals surface area contributed by atoms with Crippen LogP contribution < -0.4 is 4.52 Å². The Bertz CT molecular complexity index is 448. The smallest absolute Gasteiger partial charge is 0.346 e. The van der Waals surface area contributed by atoms with Gasteiger partial charge in [0.2, 0.25) is 5.88 Å². The van der Waals surface area contributed by atoms with Gasteiger partial charge >= 0.3 is 7.15 Å². The predicted molar refractivity (Wildman–Crippen MR) is 65.1 cm³/mol. The number of nitrogens with zero attached hydrogens (tertiary/aromatic N) is 1. The highest BCUT2D eigenvalue weighted by Gasteiger charge is 2.35. The van der Waals surface area contributed by atoms with Crippen molar-refractivity contribution in [1.82, 2.24) is 4.98 Å². The van der Waals surface area contributed by atoms with E-state index in [1.807, 2.05) is 13.0 Å². The van der Waals surface area contributed by atoms with Crippen molar-refractivity contribution < 1.29 is 13.6 Å². The molecule has 4 nitrogen and oxygen atoms in total. The molecule has 0 fully saturated rings. The number of fused-ring (bicyclic) bond motifs is 1. The molecule has 0 saturated carbocycles. The standard InChI is InChI=1S/C10H11NO3PS/c1-3-4-12-15(16)13-7-9-5-8(2)6-11-10(9)14-15/h1,5-6,16H,4,7H2,2H3. The molecule has 1 aromatic rings. The highest BCUT2D eigenvalue weighted by atomic mass is 32.7. The molecule has 1 aliphatic heterocycles.